The summed E-state index contributed by atoms with van der Waals surface area (Å²) in [6.07, 6.45) is 0.691. The maximum atomic E-state index is 11.2. The SMILES string of the molecule is COC(=O)c1ncn(CC(O)c2ccc(C)cc2)n1. The minimum Gasteiger partial charge on any atom is -0.463 e. The Hall–Kier alpha value is -2.21. The number of esters is 1. The van der Waals surface area contributed by atoms with Crippen LogP contribution in [0.25, 0.3) is 0 Å². The molecule has 0 aliphatic rings. The Morgan fingerprint density at radius 1 is 1.42 bits per heavy atom. The molecule has 1 heterocycles. The third-order valence-electron chi connectivity index (χ3n) is 2.73. The van der Waals surface area contributed by atoms with Crippen LogP contribution in [0.3, 0.4) is 0 Å². The molecule has 6 heteroatoms. The molecule has 0 fully saturated rings. The van der Waals surface area contributed by atoms with E-state index in [0.29, 0.717) is 0 Å². The highest BCUT2D eigenvalue weighted by molar-refractivity contribution is 5.84. The molecule has 0 amide bonds. The van der Waals surface area contributed by atoms with Gasteiger partial charge in [-0.25, -0.2) is 14.5 Å². The zero-order valence-electron chi connectivity index (χ0n) is 10.8. The van der Waals surface area contributed by atoms with E-state index in [1.807, 2.05) is 31.2 Å². The number of methoxy groups -OCH3 is 1. The average molecular weight is 261 g/mol. The second kappa shape index (κ2) is 5.62. The molecule has 0 saturated carbocycles. The van der Waals surface area contributed by atoms with E-state index in [2.05, 4.69) is 14.8 Å². The number of carbonyl (C=O) groups is 1. The molecule has 1 atom stereocenters. The number of benzene rings is 1. The number of hydrogen-bond acceptors (Lipinski definition) is 5. The number of nitrogens with zero attached hydrogens (tertiary/aromatic N) is 3. The van der Waals surface area contributed by atoms with E-state index < -0.39 is 12.1 Å². The van der Waals surface area contributed by atoms with Gasteiger partial charge in [0.25, 0.3) is 5.82 Å². The second-order valence-corrected chi connectivity index (χ2v) is 4.21. The summed E-state index contributed by atoms with van der Waals surface area (Å²) in [7, 11) is 1.27. The molecule has 19 heavy (non-hydrogen) atoms. The van der Waals surface area contributed by atoms with Crippen LogP contribution in [0, 0.1) is 6.92 Å². The fraction of sp³-hybridized carbons (Fsp3) is 0.308. The highest BCUT2D eigenvalue weighted by Crippen LogP contribution is 2.15. The molecule has 0 spiro atoms. The third kappa shape index (κ3) is 3.17. The molecule has 0 aliphatic carbocycles. The van der Waals surface area contributed by atoms with Crippen molar-refractivity contribution in [2.45, 2.75) is 19.6 Å². The van der Waals surface area contributed by atoms with Gasteiger partial charge in [-0.05, 0) is 12.5 Å². The van der Waals surface area contributed by atoms with Gasteiger partial charge < -0.3 is 9.84 Å². The molecule has 1 aromatic heterocycles. The van der Waals surface area contributed by atoms with Gasteiger partial charge in [0.2, 0.25) is 0 Å². The van der Waals surface area contributed by atoms with E-state index >= 15 is 0 Å². The maximum absolute atomic E-state index is 11.2. The molecule has 100 valence electrons. The lowest BCUT2D eigenvalue weighted by molar-refractivity contribution is 0.0585. The lowest BCUT2D eigenvalue weighted by Crippen LogP contribution is -2.11. The molecule has 1 N–H and O–H groups in total. The van der Waals surface area contributed by atoms with Crippen LogP contribution in [0.5, 0.6) is 0 Å². The minimum absolute atomic E-state index is 0.0152. The normalized spacial score (nSPS) is 12.2. The molecule has 2 aromatic rings. The van der Waals surface area contributed by atoms with Gasteiger partial charge in [-0.15, -0.1) is 5.10 Å². The Morgan fingerprint density at radius 2 is 2.11 bits per heavy atom. The molecule has 2 rings (SSSR count). The first kappa shape index (κ1) is 13.2. The van der Waals surface area contributed by atoms with Crippen molar-refractivity contribution in [3.05, 3.63) is 47.5 Å². The van der Waals surface area contributed by atoms with E-state index in [4.69, 9.17) is 0 Å². The Morgan fingerprint density at radius 3 is 2.74 bits per heavy atom. The quantitative estimate of drug-likeness (QED) is 0.834. The zero-order valence-corrected chi connectivity index (χ0v) is 10.8. The summed E-state index contributed by atoms with van der Waals surface area (Å²) in [6.45, 7) is 2.21. The summed E-state index contributed by atoms with van der Waals surface area (Å²) in [5.41, 5.74) is 1.92. The van der Waals surface area contributed by atoms with Gasteiger partial charge >= 0.3 is 5.97 Å². The Kier molecular flexibility index (Phi) is 3.91. The summed E-state index contributed by atoms with van der Waals surface area (Å²) in [4.78, 5) is 15.0. The summed E-state index contributed by atoms with van der Waals surface area (Å²) in [5, 5.41) is 14.0. The monoisotopic (exact) mass is 261 g/mol. The van der Waals surface area contributed by atoms with Gasteiger partial charge in [-0.3, -0.25) is 0 Å². The number of carbonyl (C=O) groups excluding carboxylic acids is 1. The predicted molar refractivity (Wildman–Crippen MR) is 67.5 cm³/mol. The summed E-state index contributed by atoms with van der Waals surface area (Å²) in [5.74, 6) is -0.609. The van der Waals surface area contributed by atoms with Gasteiger partial charge in [0.1, 0.15) is 6.33 Å². The minimum atomic E-state index is -0.701. The van der Waals surface area contributed by atoms with Crippen LogP contribution < -0.4 is 0 Å². The number of aliphatic hydroxyl groups excluding tert-OH is 1. The summed E-state index contributed by atoms with van der Waals surface area (Å²) in [6, 6.07) is 7.58. The van der Waals surface area contributed by atoms with Crippen molar-refractivity contribution in [2.75, 3.05) is 7.11 Å². The number of aromatic nitrogens is 3. The Labute approximate surface area is 110 Å². The van der Waals surface area contributed by atoms with E-state index in [1.54, 1.807) is 0 Å². The second-order valence-electron chi connectivity index (χ2n) is 4.21. The first-order valence-corrected chi connectivity index (χ1v) is 5.82. The van der Waals surface area contributed by atoms with Gasteiger partial charge in [0.15, 0.2) is 0 Å². The largest absolute Gasteiger partial charge is 0.463 e. The van der Waals surface area contributed by atoms with Crippen LogP contribution in [0.4, 0.5) is 0 Å². The van der Waals surface area contributed by atoms with Gasteiger partial charge in [0.05, 0.1) is 19.8 Å². The lowest BCUT2D eigenvalue weighted by Gasteiger charge is -2.10. The van der Waals surface area contributed by atoms with Gasteiger partial charge in [-0.1, -0.05) is 29.8 Å². The van der Waals surface area contributed by atoms with Crippen LogP contribution in [0.2, 0.25) is 0 Å². The number of rotatable bonds is 4. The van der Waals surface area contributed by atoms with E-state index in [-0.39, 0.29) is 12.4 Å². The molecule has 1 aromatic carbocycles. The van der Waals surface area contributed by atoms with E-state index in [9.17, 15) is 9.90 Å². The molecular weight excluding hydrogens is 246 g/mol. The van der Waals surface area contributed by atoms with Gasteiger partial charge in [0, 0.05) is 0 Å². The van der Waals surface area contributed by atoms with E-state index in [0.717, 1.165) is 11.1 Å². The van der Waals surface area contributed by atoms with Crippen molar-refractivity contribution in [1.29, 1.82) is 0 Å². The standard InChI is InChI=1S/C13H15N3O3/c1-9-3-5-10(6-4-9)11(17)7-16-8-14-12(15-16)13(18)19-2/h3-6,8,11,17H,7H2,1-2H3. The molecule has 1 unspecified atom stereocenters. The predicted octanol–water partition coefficient (Wildman–Crippen LogP) is 1.11. The Balaban J connectivity index is 2.06. The lowest BCUT2D eigenvalue weighted by atomic mass is 10.1. The van der Waals surface area contributed by atoms with Crippen molar-refractivity contribution in [2.24, 2.45) is 0 Å². The Bertz CT molecular complexity index is 563. The van der Waals surface area contributed by atoms with Crippen molar-refractivity contribution < 1.29 is 14.6 Å². The first-order chi connectivity index (χ1) is 9.10. The van der Waals surface area contributed by atoms with Crippen LogP contribution in [0.1, 0.15) is 27.8 Å². The fourth-order valence-electron chi connectivity index (χ4n) is 1.64. The van der Waals surface area contributed by atoms with Crippen LogP contribution >= 0.6 is 0 Å². The molecule has 6 nitrogen and oxygen atoms in total. The van der Waals surface area contributed by atoms with Crippen LogP contribution in [0.15, 0.2) is 30.6 Å². The summed E-state index contributed by atoms with van der Waals surface area (Å²) < 4.78 is 5.93. The van der Waals surface area contributed by atoms with Crippen molar-refractivity contribution in [1.82, 2.24) is 14.8 Å². The molecular formula is C13H15N3O3. The smallest absolute Gasteiger partial charge is 0.377 e. The van der Waals surface area contributed by atoms with Crippen LogP contribution in [-0.4, -0.2) is 33.0 Å². The number of ether oxygens (including phenoxy) is 1. The number of hydrogen-bond donors (Lipinski definition) is 1. The number of aliphatic hydroxyl groups is 1. The van der Waals surface area contributed by atoms with E-state index in [1.165, 1.54) is 18.1 Å². The van der Waals surface area contributed by atoms with Crippen molar-refractivity contribution >= 4 is 5.97 Å². The average Bonchev–Trinajstić information content (AvgIpc) is 2.87. The summed E-state index contributed by atoms with van der Waals surface area (Å²) >= 11 is 0. The first-order valence-electron chi connectivity index (χ1n) is 5.82. The highest BCUT2D eigenvalue weighted by Gasteiger charge is 2.14. The zero-order chi connectivity index (χ0) is 13.8. The molecule has 0 saturated heterocycles. The van der Waals surface area contributed by atoms with Crippen molar-refractivity contribution in [3.8, 4) is 0 Å². The fourth-order valence-corrected chi connectivity index (χ4v) is 1.64. The van der Waals surface area contributed by atoms with Crippen molar-refractivity contribution in [3.63, 3.8) is 0 Å². The maximum Gasteiger partial charge on any atom is 0.377 e. The molecule has 0 radical (unpaired) electrons. The molecule has 0 bridgehead atoms. The van der Waals surface area contributed by atoms with Gasteiger partial charge in [-0.2, -0.15) is 0 Å². The highest BCUT2D eigenvalue weighted by atomic mass is 16.5. The molecule has 0 aliphatic heterocycles. The topological polar surface area (TPSA) is 77.2 Å². The third-order valence-corrected chi connectivity index (χ3v) is 2.73. The number of aryl methyl sites for hydroxylation is 1. The van der Waals surface area contributed by atoms with Crippen LogP contribution in [-0.2, 0) is 11.3 Å².